The fourth-order valence-corrected chi connectivity index (χ4v) is 2.16. The molecule has 0 saturated carbocycles. The number of hydrogen-bond donors (Lipinski definition) is 1. The van der Waals surface area contributed by atoms with Crippen LogP contribution in [0.2, 0.25) is 0 Å². The van der Waals surface area contributed by atoms with Gasteiger partial charge in [0, 0.05) is 5.69 Å². The first kappa shape index (κ1) is 9.29. The van der Waals surface area contributed by atoms with Crippen molar-refractivity contribution in [1.29, 1.82) is 0 Å². The van der Waals surface area contributed by atoms with Gasteiger partial charge in [-0.25, -0.2) is 0 Å². The molecule has 5 nitrogen and oxygen atoms in total. The maximum absolute atomic E-state index is 4.34. The van der Waals surface area contributed by atoms with Crippen molar-refractivity contribution in [3.05, 3.63) is 41.7 Å². The summed E-state index contributed by atoms with van der Waals surface area (Å²) in [7, 11) is 0. The van der Waals surface area contributed by atoms with E-state index in [1.807, 2.05) is 30.3 Å². The Kier molecular flexibility index (Phi) is 2.26. The lowest BCUT2D eigenvalue weighted by Crippen LogP contribution is -1.99. The minimum absolute atomic E-state index is 0.706. The van der Waals surface area contributed by atoms with Crippen LogP contribution in [0, 0.1) is 0 Å². The lowest BCUT2D eigenvalue weighted by atomic mass is 10.3. The van der Waals surface area contributed by atoms with E-state index in [-0.39, 0.29) is 0 Å². The summed E-state index contributed by atoms with van der Waals surface area (Å²) >= 11 is 1.54. The molecule has 0 aliphatic carbocycles. The third-order valence-electron chi connectivity index (χ3n) is 2.15. The highest BCUT2D eigenvalue weighted by molar-refractivity contribution is 7.16. The zero-order chi connectivity index (χ0) is 10.8. The molecule has 80 valence electrons. The van der Waals surface area contributed by atoms with Crippen LogP contribution >= 0.6 is 11.3 Å². The molecule has 16 heavy (non-hydrogen) atoms. The average Bonchev–Trinajstić information content (AvgIpc) is 2.88. The molecule has 3 aromatic rings. The molecule has 0 aliphatic rings. The van der Waals surface area contributed by atoms with Gasteiger partial charge in [0.05, 0.1) is 6.54 Å². The Morgan fingerprint density at radius 1 is 1.25 bits per heavy atom. The molecule has 0 radical (unpaired) electrons. The van der Waals surface area contributed by atoms with E-state index in [4.69, 9.17) is 0 Å². The van der Waals surface area contributed by atoms with Crippen LogP contribution in [0.15, 0.2) is 36.7 Å². The second kappa shape index (κ2) is 3.90. The van der Waals surface area contributed by atoms with Crippen LogP contribution < -0.4 is 5.32 Å². The largest absolute Gasteiger partial charge is 0.378 e. The average molecular weight is 231 g/mol. The van der Waals surface area contributed by atoms with Crippen LogP contribution in [0.1, 0.15) is 5.01 Å². The standard InChI is InChI=1S/C10H9N5S/c1-2-4-8(5-3-1)11-6-9-14-15-7-12-13-10(15)16-9/h1-5,7,11H,6H2. The molecule has 0 amide bonds. The van der Waals surface area contributed by atoms with Crippen molar-refractivity contribution in [2.24, 2.45) is 0 Å². The molecular formula is C10H9N5S. The maximum atomic E-state index is 4.34. The molecule has 0 unspecified atom stereocenters. The number of para-hydroxylation sites is 1. The number of rotatable bonds is 3. The van der Waals surface area contributed by atoms with Gasteiger partial charge in [-0.1, -0.05) is 29.5 Å². The van der Waals surface area contributed by atoms with Gasteiger partial charge in [0.2, 0.25) is 4.96 Å². The van der Waals surface area contributed by atoms with Crippen molar-refractivity contribution < 1.29 is 0 Å². The number of hydrogen-bond acceptors (Lipinski definition) is 5. The number of benzene rings is 1. The highest BCUT2D eigenvalue weighted by Crippen LogP contribution is 2.13. The minimum atomic E-state index is 0.706. The zero-order valence-corrected chi connectivity index (χ0v) is 9.18. The highest BCUT2D eigenvalue weighted by atomic mass is 32.1. The molecule has 2 aromatic heterocycles. The Hall–Kier alpha value is -1.95. The van der Waals surface area contributed by atoms with Crippen LogP contribution in [0.3, 0.4) is 0 Å². The molecule has 0 bridgehead atoms. The molecule has 1 N–H and O–H groups in total. The van der Waals surface area contributed by atoms with Gasteiger partial charge in [0.15, 0.2) is 0 Å². The quantitative estimate of drug-likeness (QED) is 0.746. The van der Waals surface area contributed by atoms with Crippen LogP contribution in [0.5, 0.6) is 0 Å². The number of anilines is 1. The first-order valence-corrected chi connectivity index (χ1v) is 5.68. The summed E-state index contributed by atoms with van der Waals surface area (Å²) in [6.45, 7) is 0.706. The predicted octanol–water partition coefficient (Wildman–Crippen LogP) is 1.80. The van der Waals surface area contributed by atoms with Crippen molar-refractivity contribution >= 4 is 22.0 Å². The lowest BCUT2D eigenvalue weighted by Gasteiger charge is -2.01. The topological polar surface area (TPSA) is 55.1 Å². The molecule has 0 saturated heterocycles. The van der Waals surface area contributed by atoms with Crippen molar-refractivity contribution in [2.45, 2.75) is 6.54 Å². The van der Waals surface area contributed by atoms with Crippen LogP contribution in [0.4, 0.5) is 5.69 Å². The zero-order valence-electron chi connectivity index (χ0n) is 8.37. The molecular weight excluding hydrogens is 222 g/mol. The van der Waals surface area contributed by atoms with E-state index in [0.717, 1.165) is 15.7 Å². The number of aromatic nitrogens is 4. The Morgan fingerprint density at radius 2 is 2.12 bits per heavy atom. The van der Waals surface area contributed by atoms with E-state index in [1.54, 1.807) is 10.8 Å². The van der Waals surface area contributed by atoms with Crippen LogP contribution in [-0.2, 0) is 6.54 Å². The predicted molar refractivity (Wildman–Crippen MR) is 62.4 cm³/mol. The van der Waals surface area contributed by atoms with E-state index >= 15 is 0 Å². The molecule has 0 spiro atoms. The Labute approximate surface area is 95.8 Å². The fraction of sp³-hybridized carbons (Fsp3) is 0.100. The van der Waals surface area contributed by atoms with Gasteiger partial charge < -0.3 is 5.32 Å². The third kappa shape index (κ3) is 1.74. The summed E-state index contributed by atoms with van der Waals surface area (Å²) < 4.78 is 1.69. The first-order valence-electron chi connectivity index (χ1n) is 4.86. The smallest absolute Gasteiger partial charge is 0.234 e. The summed E-state index contributed by atoms with van der Waals surface area (Å²) in [5.74, 6) is 0. The minimum Gasteiger partial charge on any atom is -0.378 e. The second-order valence-corrected chi connectivity index (χ2v) is 4.31. The van der Waals surface area contributed by atoms with Crippen molar-refractivity contribution in [3.63, 3.8) is 0 Å². The van der Waals surface area contributed by atoms with Gasteiger partial charge in [-0.15, -0.1) is 10.2 Å². The Morgan fingerprint density at radius 3 is 2.94 bits per heavy atom. The van der Waals surface area contributed by atoms with Crippen LogP contribution in [-0.4, -0.2) is 19.8 Å². The molecule has 6 heteroatoms. The van der Waals surface area contributed by atoms with Crippen molar-refractivity contribution in [1.82, 2.24) is 19.8 Å². The van der Waals surface area contributed by atoms with Gasteiger partial charge in [0.1, 0.15) is 11.3 Å². The molecule has 0 aliphatic heterocycles. The van der Waals surface area contributed by atoms with Gasteiger partial charge in [-0.3, -0.25) is 0 Å². The first-order chi connectivity index (χ1) is 7.92. The number of nitrogens with one attached hydrogen (secondary N) is 1. The van der Waals surface area contributed by atoms with Gasteiger partial charge >= 0.3 is 0 Å². The van der Waals surface area contributed by atoms with E-state index in [9.17, 15) is 0 Å². The lowest BCUT2D eigenvalue weighted by molar-refractivity contribution is 0.903. The van der Waals surface area contributed by atoms with Gasteiger partial charge in [0.25, 0.3) is 0 Å². The SMILES string of the molecule is c1ccc(NCc2nn3cnnc3s2)cc1. The van der Waals surface area contributed by atoms with Crippen molar-refractivity contribution in [3.8, 4) is 0 Å². The Balaban J connectivity index is 1.74. The highest BCUT2D eigenvalue weighted by Gasteiger charge is 2.04. The summed E-state index contributed by atoms with van der Waals surface area (Å²) in [5, 5.41) is 16.3. The third-order valence-corrected chi connectivity index (χ3v) is 3.06. The van der Waals surface area contributed by atoms with E-state index in [1.165, 1.54) is 11.3 Å². The van der Waals surface area contributed by atoms with Crippen molar-refractivity contribution in [2.75, 3.05) is 5.32 Å². The monoisotopic (exact) mass is 231 g/mol. The van der Waals surface area contributed by atoms with E-state index in [0.29, 0.717) is 6.54 Å². The fourth-order valence-electron chi connectivity index (χ4n) is 1.41. The van der Waals surface area contributed by atoms with E-state index < -0.39 is 0 Å². The second-order valence-electron chi connectivity index (χ2n) is 3.27. The summed E-state index contributed by atoms with van der Waals surface area (Å²) in [4.78, 5) is 0.824. The molecule has 0 fully saturated rings. The molecule has 1 aromatic carbocycles. The summed E-state index contributed by atoms with van der Waals surface area (Å²) in [5.41, 5.74) is 1.09. The molecule has 0 atom stereocenters. The number of fused-ring (bicyclic) bond motifs is 1. The van der Waals surface area contributed by atoms with Gasteiger partial charge in [-0.05, 0) is 12.1 Å². The molecule has 3 rings (SSSR count). The summed E-state index contributed by atoms with van der Waals surface area (Å²) in [6, 6.07) is 10.1. The van der Waals surface area contributed by atoms with Gasteiger partial charge in [-0.2, -0.15) is 9.61 Å². The normalized spacial score (nSPS) is 10.8. The van der Waals surface area contributed by atoms with E-state index in [2.05, 4.69) is 20.6 Å². The maximum Gasteiger partial charge on any atom is 0.234 e. The Bertz CT molecular complexity index is 557. The van der Waals surface area contributed by atoms with Crippen LogP contribution in [0.25, 0.3) is 4.96 Å². The summed E-state index contributed by atoms with van der Waals surface area (Å²) in [6.07, 6.45) is 1.61. The number of nitrogens with zero attached hydrogens (tertiary/aromatic N) is 4. The molecule has 2 heterocycles.